The summed E-state index contributed by atoms with van der Waals surface area (Å²) in [6.45, 7) is 1.07. The molecule has 1 aliphatic rings. The topological polar surface area (TPSA) is 72.7 Å². The van der Waals surface area contributed by atoms with Crippen LogP contribution >= 0.6 is 22.9 Å². The maximum atomic E-state index is 13.3. The number of methoxy groups -OCH3 is 1. The number of fused-ring (bicyclic) bond motifs is 1. The van der Waals surface area contributed by atoms with Gasteiger partial charge in [-0.1, -0.05) is 23.7 Å². The highest BCUT2D eigenvalue weighted by molar-refractivity contribution is 7.22. The van der Waals surface area contributed by atoms with Gasteiger partial charge in [0.25, 0.3) is 5.56 Å². The van der Waals surface area contributed by atoms with E-state index in [9.17, 15) is 9.90 Å². The van der Waals surface area contributed by atoms with Gasteiger partial charge < -0.3 is 19.9 Å². The Kier molecular flexibility index (Phi) is 5.65. The molecule has 0 unspecified atom stereocenters. The van der Waals surface area contributed by atoms with E-state index in [4.69, 9.17) is 21.1 Å². The van der Waals surface area contributed by atoms with Gasteiger partial charge in [0, 0.05) is 40.6 Å². The van der Waals surface area contributed by atoms with E-state index >= 15 is 0 Å². The first-order valence-electron chi connectivity index (χ1n) is 10.2. The summed E-state index contributed by atoms with van der Waals surface area (Å²) < 4.78 is 13.7. The molecule has 2 N–H and O–H groups in total. The Hall–Kier alpha value is -2.84. The van der Waals surface area contributed by atoms with Gasteiger partial charge >= 0.3 is 0 Å². The summed E-state index contributed by atoms with van der Waals surface area (Å²) in [6.07, 6.45) is 0.854. The molecule has 8 heteroatoms. The highest BCUT2D eigenvalue weighted by atomic mass is 35.5. The Balaban J connectivity index is 1.50. The quantitative estimate of drug-likeness (QED) is 0.461. The molecule has 0 aliphatic carbocycles. The first-order valence-corrected chi connectivity index (χ1v) is 11.4. The number of β-amino-alcohol motifs (C(OH)–C–C–N with tert-alkyl or cyclic N) is 1. The normalized spacial score (nSPS) is 18.2. The minimum atomic E-state index is -0.571. The Bertz CT molecular complexity index is 1330. The lowest BCUT2D eigenvalue weighted by molar-refractivity contribution is 0.0718. The van der Waals surface area contributed by atoms with Crippen molar-refractivity contribution < 1.29 is 14.6 Å². The minimum absolute atomic E-state index is 0.0983. The minimum Gasteiger partial charge on any atom is -0.493 e. The first-order chi connectivity index (χ1) is 15.5. The number of thiophene rings is 1. The second-order valence-corrected chi connectivity index (χ2v) is 9.10. The van der Waals surface area contributed by atoms with Crippen molar-refractivity contribution in [2.75, 3.05) is 20.2 Å². The number of rotatable bonds is 5. The van der Waals surface area contributed by atoms with Gasteiger partial charge in [0.1, 0.15) is 16.9 Å². The van der Waals surface area contributed by atoms with Crippen LogP contribution in [0.2, 0.25) is 5.02 Å². The van der Waals surface area contributed by atoms with Crippen LogP contribution in [-0.4, -0.2) is 42.1 Å². The fourth-order valence-corrected chi connectivity index (χ4v) is 5.03. The lowest BCUT2D eigenvalue weighted by Crippen LogP contribution is -2.30. The Labute approximate surface area is 193 Å². The zero-order chi connectivity index (χ0) is 22.2. The molecule has 32 heavy (non-hydrogen) atoms. The fraction of sp³-hybridized carbons (Fsp3) is 0.208. The summed E-state index contributed by atoms with van der Waals surface area (Å²) >= 11 is 7.46. The van der Waals surface area contributed by atoms with E-state index < -0.39 is 6.10 Å². The smallest absolute Gasteiger partial charge is 0.273 e. The van der Waals surface area contributed by atoms with Gasteiger partial charge in [0.05, 0.1) is 12.8 Å². The molecule has 0 saturated carbocycles. The number of halogens is 1. The van der Waals surface area contributed by atoms with Crippen molar-refractivity contribution in [3.8, 4) is 27.6 Å². The van der Waals surface area contributed by atoms with E-state index in [0.717, 1.165) is 15.8 Å². The van der Waals surface area contributed by atoms with E-state index in [1.165, 1.54) is 11.3 Å². The molecule has 1 saturated heterocycles. The van der Waals surface area contributed by atoms with Crippen molar-refractivity contribution in [2.45, 2.75) is 12.2 Å². The zero-order valence-electron chi connectivity index (χ0n) is 17.2. The van der Waals surface area contributed by atoms with Gasteiger partial charge in [-0.2, -0.15) is 0 Å². The number of aliphatic hydroxyl groups excluding tert-OH is 1. The van der Waals surface area contributed by atoms with Gasteiger partial charge in [-0.3, -0.25) is 9.36 Å². The first kappa shape index (κ1) is 21.0. The van der Waals surface area contributed by atoms with Gasteiger partial charge in [-0.05, 0) is 42.0 Å². The number of nitrogens with zero attached hydrogens (tertiary/aromatic N) is 1. The van der Waals surface area contributed by atoms with Gasteiger partial charge in [-0.15, -0.1) is 11.3 Å². The molecule has 0 spiro atoms. The standard InChI is InChI=1S/C24H21ClN2O4S/c1-30-20-11-17(6-7-19(20)31-21-13-26-12-18(21)28)27-9-8-15-10-22(32-23(15)24(27)29)14-2-4-16(25)5-3-14/h2-11,18,21,26,28H,12-13H2,1H3/t18-,21-/m1/s1. The van der Waals surface area contributed by atoms with E-state index in [1.54, 1.807) is 30.0 Å². The Morgan fingerprint density at radius 3 is 2.62 bits per heavy atom. The van der Waals surface area contributed by atoms with Crippen molar-refractivity contribution in [1.29, 1.82) is 0 Å². The SMILES string of the molecule is COc1cc(-n2ccc3cc(-c4ccc(Cl)cc4)sc3c2=O)ccc1O[C@@H]1CNC[C@H]1O. The Morgan fingerprint density at radius 1 is 1.09 bits per heavy atom. The van der Waals surface area contributed by atoms with E-state index in [1.807, 2.05) is 42.5 Å². The molecule has 2 aromatic heterocycles. The zero-order valence-corrected chi connectivity index (χ0v) is 18.8. The largest absolute Gasteiger partial charge is 0.493 e. The third-order valence-electron chi connectivity index (χ3n) is 5.54. The van der Waals surface area contributed by atoms with Crippen LogP contribution in [0.15, 0.2) is 65.6 Å². The van der Waals surface area contributed by atoms with Crippen LogP contribution in [-0.2, 0) is 0 Å². The third-order valence-corrected chi connectivity index (χ3v) is 6.98. The average molecular weight is 469 g/mol. The molecule has 0 bridgehead atoms. The van der Waals surface area contributed by atoms with E-state index in [2.05, 4.69) is 5.32 Å². The molecule has 2 aromatic carbocycles. The molecule has 0 radical (unpaired) electrons. The van der Waals surface area contributed by atoms with Gasteiger partial charge in [0.2, 0.25) is 0 Å². The molecule has 5 rings (SSSR count). The van der Waals surface area contributed by atoms with Crippen molar-refractivity contribution in [3.05, 3.63) is 76.2 Å². The summed E-state index contributed by atoms with van der Waals surface area (Å²) in [4.78, 5) is 14.3. The Morgan fingerprint density at radius 2 is 1.91 bits per heavy atom. The number of aliphatic hydroxyl groups is 1. The van der Waals surface area contributed by atoms with E-state index in [-0.39, 0.29) is 11.7 Å². The molecule has 2 atom stereocenters. The maximum Gasteiger partial charge on any atom is 0.273 e. The van der Waals surface area contributed by atoms with Crippen LogP contribution in [0.3, 0.4) is 0 Å². The lowest BCUT2D eigenvalue weighted by atomic mass is 10.2. The van der Waals surface area contributed by atoms with Crippen LogP contribution in [0.25, 0.3) is 26.2 Å². The molecular formula is C24H21ClN2O4S. The molecule has 0 amide bonds. The number of aromatic nitrogens is 1. The maximum absolute atomic E-state index is 13.3. The number of nitrogens with one attached hydrogen (secondary N) is 1. The lowest BCUT2D eigenvalue weighted by Gasteiger charge is -2.19. The van der Waals surface area contributed by atoms with Crippen LogP contribution in [0.5, 0.6) is 11.5 Å². The van der Waals surface area contributed by atoms with Crippen molar-refractivity contribution >= 4 is 33.0 Å². The number of ether oxygens (including phenoxy) is 2. The number of hydrogen-bond donors (Lipinski definition) is 2. The molecule has 1 aliphatic heterocycles. The molecule has 1 fully saturated rings. The predicted octanol–water partition coefficient (Wildman–Crippen LogP) is 4.09. The van der Waals surface area contributed by atoms with Crippen LogP contribution in [0, 0.1) is 0 Å². The molecule has 164 valence electrons. The summed E-state index contributed by atoms with van der Waals surface area (Å²) in [5, 5.41) is 14.7. The highest BCUT2D eigenvalue weighted by Crippen LogP contribution is 2.34. The summed E-state index contributed by atoms with van der Waals surface area (Å²) in [6, 6.07) is 16.9. The molecular weight excluding hydrogens is 448 g/mol. The third kappa shape index (κ3) is 3.89. The van der Waals surface area contributed by atoms with Crippen molar-refractivity contribution in [1.82, 2.24) is 9.88 Å². The summed E-state index contributed by atoms with van der Waals surface area (Å²) in [7, 11) is 1.55. The van der Waals surface area contributed by atoms with Gasteiger partial charge in [0.15, 0.2) is 11.5 Å². The predicted molar refractivity (Wildman–Crippen MR) is 128 cm³/mol. The highest BCUT2D eigenvalue weighted by Gasteiger charge is 2.27. The number of benzene rings is 2. The molecule has 3 heterocycles. The van der Waals surface area contributed by atoms with Gasteiger partial charge in [-0.25, -0.2) is 0 Å². The molecule has 6 nitrogen and oxygen atoms in total. The van der Waals surface area contributed by atoms with Crippen LogP contribution in [0.1, 0.15) is 0 Å². The fourth-order valence-electron chi connectivity index (χ4n) is 3.82. The second-order valence-electron chi connectivity index (χ2n) is 7.61. The summed E-state index contributed by atoms with van der Waals surface area (Å²) in [5.41, 5.74) is 1.60. The summed E-state index contributed by atoms with van der Waals surface area (Å²) in [5.74, 6) is 1.03. The van der Waals surface area contributed by atoms with Crippen LogP contribution < -0.4 is 20.3 Å². The monoisotopic (exact) mass is 468 g/mol. The van der Waals surface area contributed by atoms with Crippen molar-refractivity contribution in [3.63, 3.8) is 0 Å². The second kappa shape index (κ2) is 8.60. The number of pyridine rings is 1. The number of hydrogen-bond acceptors (Lipinski definition) is 6. The van der Waals surface area contributed by atoms with Crippen molar-refractivity contribution in [2.24, 2.45) is 0 Å². The molecule has 4 aromatic rings. The van der Waals surface area contributed by atoms with E-state index in [0.29, 0.717) is 40.0 Å². The average Bonchev–Trinajstić information content (AvgIpc) is 3.42. The van der Waals surface area contributed by atoms with Crippen LogP contribution in [0.4, 0.5) is 0 Å².